The number of rotatable bonds is 9. The molecule has 0 amide bonds. The molecular weight excluding hydrogens is 412 g/mol. The van der Waals surface area contributed by atoms with Crippen molar-refractivity contribution >= 4 is 15.9 Å². The molecule has 0 heterocycles. The number of ether oxygens (including phenoxy) is 1. The van der Waals surface area contributed by atoms with Gasteiger partial charge in [-0.25, -0.2) is 0 Å². The summed E-state index contributed by atoms with van der Waals surface area (Å²) < 4.78 is 33.5. The summed E-state index contributed by atoms with van der Waals surface area (Å²) in [7, 11) is -3.56. The van der Waals surface area contributed by atoms with Crippen molar-refractivity contribution in [2.75, 3.05) is 12.9 Å². The van der Waals surface area contributed by atoms with Gasteiger partial charge in [-0.2, -0.15) is 8.42 Å². The molecule has 170 valence electrons. The van der Waals surface area contributed by atoms with Crippen molar-refractivity contribution in [2.24, 2.45) is 5.41 Å². The average Bonchev–Trinajstić information content (AvgIpc) is 2.67. The van der Waals surface area contributed by atoms with Gasteiger partial charge in [0.05, 0.1) is 6.26 Å². The van der Waals surface area contributed by atoms with E-state index in [1.165, 1.54) is 0 Å². The zero-order chi connectivity index (χ0) is 23.4. The largest absolute Gasteiger partial charge is 0.486 e. The van der Waals surface area contributed by atoms with Gasteiger partial charge in [-0.15, -0.1) is 0 Å². The van der Waals surface area contributed by atoms with Crippen LogP contribution in [0.1, 0.15) is 64.2 Å². The molecule has 2 rings (SSSR count). The fraction of sp³-hybridized carbons (Fsp3) is 0.480. The standard InChI is InChI=1S/C25H34O5S/c1-8-25(9-2,19-10-13-21(14-11-19)30-31(7,27)28)20-12-15-22(18(3)16-20)29-17-23(26)24(4,5)6/h10-16H,8-9,17H2,1-7H3. The third-order valence-electron chi connectivity index (χ3n) is 5.78. The molecule has 0 atom stereocenters. The third-order valence-corrected chi connectivity index (χ3v) is 6.28. The Hall–Kier alpha value is -2.34. The Morgan fingerprint density at radius 3 is 1.94 bits per heavy atom. The number of aryl methyl sites for hydroxylation is 1. The summed E-state index contributed by atoms with van der Waals surface area (Å²) in [5, 5.41) is 0. The molecule has 0 radical (unpaired) electrons. The van der Waals surface area contributed by atoms with Crippen LogP contribution < -0.4 is 8.92 Å². The summed E-state index contributed by atoms with van der Waals surface area (Å²) in [5.41, 5.74) is 2.56. The average molecular weight is 447 g/mol. The maximum atomic E-state index is 12.2. The zero-order valence-electron chi connectivity index (χ0n) is 19.6. The second kappa shape index (κ2) is 9.43. The number of hydrogen-bond donors (Lipinski definition) is 0. The highest BCUT2D eigenvalue weighted by Gasteiger charge is 2.31. The van der Waals surface area contributed by atoms with Crippen molar-refractivity contribution in [1.29, 1.82) is 0 Å². The van der Waals surface area contributed by atoms with E-state index in [0.29, 0.717) is 11.5 Å². The van der Waals surface area contributed by atoms with Crippen LogP contribution in [0, 0.1) is 12.3 Å². The van der Waals surface area contributed by atoms with Gasteiger partial charge in [0, 0.05) is 10.8 Å². The number of benzene rings is 2. The van der Waals surface area contributed by atoms with Crippen LogP contribution >= 0.6 is 0 Å². The minimum Gasteiger partial charge on any atom is -0.486 e. The zero-order valence-corrected chi connectivity index (χ0v) is 20.4. The van der Waals surface area contributed by atoms with Crippen LogP contribution in [0.2, 0.25) is 0 Å². The summed E-state index contributed by atoms with van der Waals surface area (Å²) in [5.74, 6) is 1.07. The first-order valence-corrected chi connectivity index (χ1v) is 12.4. The first-order valence-electron chi connectivity index (χ1n) is 10.6. The molecule has 0 aliphatic rings. The smallest absolute Gasteiger partial charge is 0.306 e. The molecule has 0 aromatic heterocycles. The van der Waals surface area contributed by atoms with Crippen LogP contribution in [0.25, 0.3) is 0 Å². The SMILES string of the molecule is CCC(CC)(c1ccc(OS(C)(=O)=O)cc1)c1ccc(OCC(=O)C(C)(C)C)c(C)c1. The van der Waals surface area contributed by atoms with Gasteiger partial charge in [0.25, 0.3) is 0 Å². The van der Waals surface area contributed by atoms with E-state index >= 15 is 0 Å². The number of Topliss-reactive ketones (excluding diaryl/α,β-unsaturated/α-hetero) is 1. The van der Waals surface area contributed by atoms with Gasteiger partial charge in [0.2, 0.25) is 0 Å². The van der Waals surface area contributed by atoms with Crippen molar-refractivity contribution in [2.45, 2.75) is 59.8 Å². The van der Waals surface area contributed by atoms with E-state index in [4.69, 9.17) is 8.92 Å². The Labute approximate surface area is 186 Å². The van der Waals surface area contributed by atoms with Gasteiger partial charge in [-0.3, -0.25) is 4.79 Å². The topological polar surface area (TPSA) is 69.7 Å². The normalized spacial score (nSPS) is 12.5. The lowest BCUT2D eigenvalue weighted by Crippen LogP contribution is -2.27. The monoisotopic (exact) mass is 446 g/mol. The molecular formula is C25H34O5S. The number of ketones is 1. The summed E-state index contributed by atoms with van der Waals surface area (Å²) in [4.78, 5) is 12.2. The summed E-state index contributed by atoms with van der Waals surface area (Å²) in [6.45, 7) is 12.0. The molecule has 0 saturated carbocycles. The van der Waals surface area contributed by atoms with E-state index in [9.17, 15) is 13.2 Å². The van der Waals surface area contributed by atoms with Gasteiger partial charge >= 0.3 is 10.1 Å². The Morgan fingerprint density at radius 2 is 1.48 bits per heavy atom. The summed E-state index contributed by atoms with van der Waals surface area (Å²) in [6, 6.07) is 13.3. The first-order chi connectivity index (χ1) is 14.3. The van der Waals surface area contributed by atoms with Gasteiger partial charge < -0.3 is 8.92 Å². The molecule has 0 N–H and O–H groups in total. The van der Waals surface area contributed by atoms with Crippen LogP contribution in [0.5, 0.6) is 11.5 Å². The van der Waals surface area contributed by atoms with E-state index in [2.05, 4.69) is 26.0 Å². The molecule has 2 aromatic carbocycles. The lowest BCUT2D eigenvalue weighted by Gasteiger charge is -2.34. The minimum atomic E-state index is -3.56. The molecule has 0 aliphatic heterocycles. The van der Waals surface area contributed by atoms with Crippen LogP contribution in [0.3, 0.4) is 0 Å². The predicted molar refractivity (Wildman–Crippen MR) is 124 cm³/mol. The van der Waals surface area contributed by atoms with Crippen LogP contribution in [0.4, 0.5) is 0 Å². The molecule has 5 nitrogen and oxygen atoms in total. The molecule has 0 aliphatic carbocycles. The van der Waals surface area contributed by atoms with Gasteiger partial charge in [-0.05, 0) is 54.7 Å². The lowest BCUT2D eigenvalue weighted by atomic mass is 9.70. The number of carbonyl (C=O) groups excluding carboxylic acids is 1. The van der Waals surface area contributed by atoms with Crippen LogP contribution in [-0.2, 0) is 20.3 Å². The van der Waals surface area contributed by atoms with Gasteiger partial charge in [0.15, 0.2) is 5.78 Å². The van der Waals surface area contributed by atoms with Gasteiger partial charge in [-0.1, -0.05) is 58.9 Å². The quantitative estimate of drug-likeness (QED) is 0.480. The maximum Gasteiger partial charge on any atom is 0.306 e. The van der Waals surface area contributed by atoms with E-state index in [1.54, 1.807) is 12.1 Å². The van der Waals surface area contributed by atoms with Crippen molar-refractivity contribution in [3.05, 3.63) is 59.2 Å². The molecule has 0 spiro atoms. The van der Waals surface area contributed by atoms with Crippen LogP contribution in [-0.4, -0.2) is 27.1 Å². The lowest BCUT2D eigenvalue weighted by molar-refractivity contribution is -0.128. The highest BCUT2D eigenvalue weighted by molar-refractivity contribution is 7.86. The van der Waals surface area contributed by atoms with Gasteiger partial charge in [0.1, 0.15) is 18.1 Å². The Bertz CT molecular complexity index is 1010. The molecule has 31 heavy (non-hydrogen) atoms. The first kappa shape index (κ1) is 24.9. The van der Waals surface area contributed by atoms with E-state index in [0.717, 1.165) is 35.8 Å². The molecule has 0 bridgehead atoms. The van der Waals surface area contributed by atoms with Crippen molar-refractivity contribution in [1.82, 2.24) is 0 Å². The molecule has 2 aromatic rings. The molecule has 6 heteroatoms. The third kappa shape index (κ3) is 6.10. The van der Waals surface area contributed by atoms with E-state index in [1.807, 2.05) is 45.9 Å². The van der Waals surface area contributed by atoms with Crippen LogP contribution in [0.15, 0.2) is 42.5 Å². The maximum absolute atomic E-state index is 12.2. The second-order valence-electron chi connectivity index (χ2n) is 9.04. The Kier molecular flexibility index (Phi) is 7.58. The van der Waals surface area contributed by atoms with E-state index < -0.39 is 15.5 Å². The summed E-state index contributed by atoms with van der Waals surface area (Å²) in [6.07, 6.45) is 2.78. The van der Waals surface area contributed by atoms with Crippen molar-refractivity contribution in [3.63, 3.8) is 0 Å². The molecule has 0 saturated heterocycles. The summed E-state index contributed by atoms with van der Waals surface area (Å²) >= 11 is 0. The number of hydrogen-bond acceptors (Lipinski definition) is 5. The molecule has 0 fully saturated rings. The highest BCUT2D eigenvalue weighted by Crippen LogP contribution is 2.40. The fourth-order valence-electron chi connectivity index (χ4n) is 3.71. The predicted octanol–water partition coefficient (Wildman–Crippen LogP) is 5.43. The minimum absolute atomic E-state index is 0.0538. The van der Waals surface area contributed by atoms with Crippen molar-refractivity contribution < 1.29 is 22.1 Å². The Balaban J connectivity index is 2.34. The highest BCUT2D eigenvalue weighted by atomic mass is 32.2. The fourth-order valence-corrected chi connectivity index (χ4v) is 4.17. The second-order valence-corrected chi connectivity index (χ2v) is 10.6. The Morgan fingerprint density at radius 1 is 0.935 bits per heavy atom. The van der Waals surface area contributed by atoms with E-state index in [-0.39, 0.29) is 17.8 Å². The molecule has 0 unspecified atom stereocenters. The van der Waals surface area contributed by atoms with Crippen molar-refractivity contribution in [3.8, 4) is 11.5 Å². The number of carbonyl (C=O) groups is 1.